The van der Waals surface area contributed by atoms with E-state index in [-0.39, 0.29) is 17.4 Å². The topological polar surface area (TPSA) is 102 Å². The lowest BCUT2D eigenvalue weighted by molar-refractivity contribution is 0.102. The minimum absolute atomic E-state index is 0.220. The highest BCUT2D eigenvalue weighted by Gasteiger charge is 2.08. The smallest absolute Gasteiger partial charge is 0.274 e. The van der Waals surface area contributed by atoms with E-state index in [1.54, 1.807) is 36.3 Å². The number of aliphatic imine (C=N–C) groups is 1. The zero-order valence-electron chi connectivity index (χ0n) is 14.3. The van der Waals surface area contributed by atoms with Gasteiger partial charge in [-0.1, -0.05) is 11.8 Å². The van der Waals surface area contributed by atoms with Crippen LogP contribution in [0.15, 0.2) is 47.8 Å². The molecule has 9 heteroatoms. The number of amides is 1. The van der Waals surface area contributed by atoms with E-state index in [4.69, 9.17) is 5.73 Å². The third kappa shape index (κ3) is 6.67. The Kier molecular flexibility index (Phi) is 7.81. The summed E-state index contributed by atoms with van der Waals surface area (Å²) in [5.41, 5.74) is 6.28. The molecule has 0 unspecified atom stereocenters. The predicted octanol–water partition coefficient (Wildman–Crippen LogP) is 2.86. The Labute approximate surface area is 155 Å². The molecule has 1 atom stereocenters. The summed E-state index contributed by atoms with van der Waals surface area (Å²) in [5.74, 6) is 1.06. The van der Waals surface area contributed by atoms with E-state index in [0.29, 0.717) is 11.7 Å². The molecule has 1 amide bonds. The van der Waals surface area contributed by atoms with Crippen LogP contribution in [-0.2, 0) is 0 Å². The second-order valence-corrected chi connectivity index (χ2v) is 6.39. The minimum atomic E-state index is -0.926. The van der Waals surface area contributed by atoms with Crippen LogP contribution in [0, 0.1) is 0 Å². The van der Waals surface area contributed by atoms with Gasteiger partial charge in [0.15, 0.2) is 5.17 Å². The number of anilines is 1. The fourth-order valence-electron chi connectivity index (χ4n) is 1.95. The summed E-state index contributed by atoms with van der Waals surface area (Å²) < 4.78 is 16.5. The molecule has 0 radical (unpaired) electrons. The highest BCUT2D eigenvalue weighted by Crippen LogP contribution is 2.13. The van der Waals surface area contributed by atoms with Gasteiger partial charge in [0.1, 0.15) is 11.4 Å². The van der Waals surface area contributed by atoms with Gasteiger partial charge in [-0.2, -0.15) is 0 Å². The molecular formula is C17H20FN5O2S. The zero-order valence-corrected chi connectivity index (χ0v) is 15.1. The Bertz CT molecular complexity index is 728. The van der Waals surface area contributed by atoms with E-state index in [1.807, 2.05) is 0 Å². The monoisotopic (exact) mass is 377 g/mol. The summed E-state index contributed by atoms with van der Waals surface area (Å²) in [7, 11) is 0. The number of aromatic nitrogens is 2. The highest BCUT2D eigenvalue weighted by atomic mass is 32.2. The average Bonchev–Trinajstić information content (AvgIpc) is 2.64. The van der Waals surface area contributed by atoms with E-state index in [1.165, 1.54) is 24.8 Å². The van der Waals surface area contributed by atoms with Gasteiger partial charge in [-0.25, -0.2) is 9.37 Å². The molecule has 26 heavy (non-hydrogen) atoms. The van der Waals surface area contributed by atoms with Crippen molar-refractivity contribution in [2.45, 2.75) is 19.4 Å². The maximum atomic E-state index is 11.9. The lowest BCUT2D eigenvalue weighted by Crippen LogP contribution is -2.17. The van der Waals surface area contributed by atoms with Crippen molar-refractivity contribution in [2.24, 2.45) is 10.7 Å². The first-order valence-corrected chi connectivity index (χ1v) is 8.89. The maximum absolute atomic E-state index is 11.9. The van der Waals surface area contributed by atoms with Gasteiger partial charge >= 0.3 is 0 Å². The van der Waals surface area contributed by atoms with Crippen LogP contribution in [0.2, 0.25) is 0 Å². The Morgan fingerprint density at radius 2 is 2.15 bits per heavy atom. The highest BCUT2D eigenvalue weighted by molar-refractivity contribution is 8.13. The fraction of sp³-hybridized carbons (Fsp3) is 0.294. The molecule has 2 aromatic rings. The number of carbonyl (C=O) groups excluding carboxylic acids is 1. The molecule has 3 heterocycles. The van der Waals surface area contributed by atoms with E-state index >= 15 is 0 Å². The number of nitrogens with zero attached hydrogens (tertiary/aromatic N) is 3. The average molecular weight is 377 g/mol. The van der Waals surface area contributed by atoms with Crippen molar-refractivity contribution >= 4 is 28.5 Å². The van der Waals surface area contributed by atoms with Crippen molar-refractivity contribution in [2.75, 3.05) is 17.9 Å². The van der Waals surface area contributed by atoms with Crippen molar-refractivity contribution in [3.05, 3.63) is 48.5 Å². The molecule has 138 valence electrons. The van der Waals surface area contributed by atoms with Crippen LogP contribution in [0.25, 0.3) is 0 Å². The summed E-state index contributed by atoms with van der Waals surface area (Å²) >= 11 is 1.65. The molecule has 0 aliphatic carbocycles. The number of amidine groups is 1. The van der Waals surface area contributed by atoms with Crippen LogP contribution in [0.4, 0.5) is 10.1 Å². The Morgan fingerprint density at radius 3 is 2.69 bits per heavy atom. The van der Waals surface area contributed by atoms with Gasteiger partial charge in [-0.15, -0.1) is 0 Å². The normalized spacial score (nSPS) is 15.9. The lowest BCUT2D eigenvalue weighted by Gasteiger charge is -2.12. The van der Waals surface area contributed by atoms with E-state index in [9.17, 15) is 9.18 Å². The third-order valence-corrected chi connectivity index (χ3v) is 4.10. The van der Waals surface area contributed by atoms with Gasteiger partial charge in [-0.3, -0.25) is 14.8 Å². The molecule has 0 spiro atoms. The second kappa shape index (κ2) is 10.3. The Morgan fingerprint density at radius 1 is 1.38 bits per heavy atom. The molecule has 2 aromatic heterocycles. The van der Waals surface area contributed by atoms with Crippen LogP contribution in [0.3, 0.4) is 0 Å². The first-order chi connectivity index (χ1) is 12.6. The minimum Gasteiger partial charge on any atom is -0.461 e. The molecule has 7 nitrogen and oxygen atoms in total. The van der Waals surface area contributed by atoms with Gasteiger partial charge in [0.05, 0.1) is 12.2 Å². The standard InChI is InChI=1S/C12H10FN3O2.C5H10N2S/c13-8-18-10-1-2-11(15-7-10)12(17)16-9-3-5-14-6-4-9;1-4-2-3-8-5(6)7-4/h1-7H,8H2,(H,14,16,17);4H,2-3H2,1H3,(H2,6,7)/t;4-/m.0/s1. The maximum Gasteiger partial charge on any atom is 0.274 e. The van der Waals surface area contributed by atoms with Crippen LogP contribution in [0.5, 0.6) is 5.75 Å². The first kappa shape index (κ1) is 19.6. The summed E-state index contributed by atoms with van der Waals surface area (Å²) in [6, 6.07) is 6.73. The SMILES string of the molecule is C[C@H]1CCSC(N)=N1.O=C(Nc1ccncc1)c1ccc(OCF)cn1. The predicted molar refractivity (Wildman–Crippen MR) is 101 cm³/mol. The number of nitrogens with two attached hydrogens (primary N) is 1. The van der Waals surface area contributed by atoms with Crippen molar-refractivity contribution in [1.82, 2.24) is 9.97 Å². The number of ether oxygens (including phenoxy) is 1. The van der Waals surface area contributed by atoms with Crippen molar-refractivity contribution < 1.29 is 13.9 Å². The molecule has 0 bridgehead atoms. The number of pyridine rings is 2. The number of carbonyl (C=O) groups is 1. The molecular weight excluding hydrogens is 357 g/mol. The number of rotatable bonds is 4. The number of hydrogen-bond acceptors (Lipinski definition) is 7. The Hall–Kier alpha value is -2.68. The second-order valence-electron chi connectivity index (χ2n) is 5.28. The molecule has 1 aliphatic heterocycles. The van der Waals surface area contributed by atoms with Crippen LogP contribution in [0.1, 0.15) is 23.8 Å². The number of thioether (sulfide) groups is 1. The summed E-state index contributed by atoms with van der Waals surface area (Å²) in [5, 5.41) is 3.41. The van der Waals surface area contributed by atoms with Gasteiger partial charge in [0.25, 0.3) is 5.91 Å². The molecule has 0 saturated heterocycles. The molecule has 0 saturated carbocycles. The van der Waals surface area contributed by atoms with E-state index in [2.05, 4.69) is 31.9 Å². The molecule has 3 N–H and O–H groups in total. The van der Waals surface area contributed by atoms with Gasteiger partial charge in [0, 0.05) is 23.8 Å². The molecule has 3 rings (SSSR count). The number of halogens is 1. The first-order valence-electron chi connectivity index (χ1n) is 7.90. The molecule has 0 fully saturated rings. The van der Waals surface area contributed by atoms with Crippen molar-refractivity contribution in [1.29, 1.82) is 0 Å². The van der Waals surface area contributed by atoms with Crippen molar-refractivity contribution in [3.8, 4) is 5.75 Å². The van der Waals surface area contributed by atoms with E-state index < -0.39 is 6.86 Å². The summed E-state index contributed by atoms with van der Waals surface area (Å²) in [4.78, 5) is 23.6. The van der Waals surface area contributed by atoms with Gasteiger partial charge in [-0.05, 0) is 37.6 Å². The third-order valence-electron chi connectivity index (χ3n) is 3.26. The van der Waals surface area contributed by atoms with Crippen molar-refractivity contribution in [3.63, 3.8) is 0 Å². The zero-order chi connectivity index (χ0) is 18.8. The number of nitrogens with one attached hydrogen (secondary N) is 1. The lowest BCUT2D eigenvalue weighted by atomic mass is 10.3. The number of hydrogen-bond donors (Lipinski definition) is 2. The van der Waals surface area contributed by atoms with Gasteiger partial charge < -0.3 is 15.8 Å². The van der Waals surface area contributed by atoms with Crippen LogP contribution in [-0.4, -0.2) is 39.7 Å². The van der Waals surface area contributed by atoms with Gasteiger partial charge in [0.2, 0.25) is 6.86 Å². The summed E-state index contributed by atoms with van der Waals surface area (Å²) in [6.45, 7) is 1.16. The van der Waals surface area contributed by atoms with E-state index in [0.717, 1.165) is 10.9 Å². The largest absolute Gasteiger partial charge is 0.461 e. The molecule has 0 aromatic carbocycles. The van der Waals surface area contributed by atoms with Crippen LogP contribution < -0.4 is 15.8 Å². The molecule has 1 aliphatic rings. The van der Waals surface area contributed by atoms with Crippen LogP contribution >= 0.6 is 11.8 Å². The quantitative estimate of drug-likeness (QED) is 0.849. The summed E-state index contributed by atoms with van der Waals surface area (Å²) in [6.07, 6.45) is 5.61. The fourth-order valence-corrected chi connectivity index (χ4v) is 2.87. The number of alkyl halides is 1. The Balaban J connectivity index is 0.000000254.